The monoisotopic (exact) mass is 297 g/mol. The summed E-state index contributed by atoms with van der Waals surface area (Å²) in [4.78, 5) is 34.4. The molecule has 0 aliphatic carbocycles. The van der Waals surface area contributed by atoms with E-state index in [-0.39, 0.29) is 12.3 Å². The number of carbonyl (C=O) groups excluding carboxylic acids is 3. The molecule has 6 heteroatoms. The summed E-state index contributed by atoms with van der Waals surface area (Å²) >= 11 is 0. The van der Waals surface area contributed by atoms with E-state index in [4.69, 9.17) is 4.42 Å². The lowest BCUT2D eigenvalue weighted by Gasteiger charge is -2.18. The zero-order valence-electron chi connectivity index (χ0n) is 11.6. The Bertz CT molecular complexity index is 663. The Labute approximate surface area is 127 Å². The number of amides is 2. The van der Waals surface area contributed by atoms with Gasteiger partial charge in [-0.3, -0.25) is 19.8 Å². The molecule has 2 amide bonds. The summed E-state index contributed by atoms with van der Waals surface area (Å²) in [5.74, 6) is -1.13. The zero-order chi connectivity index (χ0) is 15.8. The van der Waals surface area contributed by atoms with Crippen LogP contribution >= 0.6 is 0 Å². The molecule has 2 aromatic rings. The smallest absolute Gasteiger partial charge is 0.305 e. The lowest BCUT2D eigenvalue weighted by Crippen LogP contribution is -2.46. The maximum absolute atomic E-state index is 12.0. The van der Waals surface area contributed by atoms with E-state index >= 15 is 0 Å². The van der Waals surface area contributed by atoms with Gasteiger partial charge in [-0.05, 0) is 23.8 Å². The highest BCUT2D eigenvalue weighted by molar-refractivity contribution is 5.97. The third-order valence-corrected chi connectivity index (χ3v) is 2.69. The van der Waals surface area contributed by atoms with E-state index in [0.717, 1.165) is 10.6 Å². The van der Waals surface area contributed by atoms with Crippen molar-refractivity contribution < 1.29 is 18.8 Å². The summed E-state index contributed by atoms with van der Waals surface area (Å²) in [6, 6.07) is 12.2. The number of furan rings is 1. The van der Waals surface area contributed by atoms with Crippen LogP contribution in [-0.2, 0) is 9.59 Å². The van der Waals surface area contributed by atoms with Crippen molar-refractivity contribution in [3.63, 3.8) is 0 Å². The van der Waals surface area contributed by atoms with Gasteiger partial charge in [-0.15, -0.1) is 0 Å². The number of rotatable bonds is 5. The van der Waals surface area contributed by atoms with Gasteiger partial charge in [0.2, 0.25) is 6.29 Å². The molecule has 0 aliphatic heterocycles. The molecule has 1 heterocycles. The van der Waals surface area contributed by atoms with E-state index in [2.05, 4.69) is 5.43 Å². The van der Waals surface area contributed by atoms with Crippen LogP contribution in [-0.4, -0.2) is 29.7 Å². The van der Waals surface area contributed by atoms with E-state index in [1.807, 2.05) is 30.3 Å². The molecule has 22 heavy (non-hydrogen) atoms. The van der Waals surface area contributed by atoms with Gasteiger partial charge in [0.05, 0.1) is 6.26 Å². The van der Waals surface area contributed by atoms with Crippen molar-refractivity contribution in [2.24, 2.45) is 0 Å². The summed E-state index contributed by atoms with van der Waals surface area (Å²) in [7, 11) is 0. The van der Waals surface area contributed by atoms with Crippen LogP contribution in [0.2, 0.25) is 0 Å². The number of hydrogen-bond donors (Lipinski definition) is 1. The van der Waals surface area contributed by atoms with Crippen LogP contribution in [0, 0.1) is 0 Å². The highest BCUT2D eigenvalue weighted by atomic mass is 16.3. The molecule has 111 valence electrons. The fourth-order valence-electron chi connectivity index (χ4n) is 1.64. The van der Waals surface area contributed by atoms with Gasteiger partial charge < -0.3 is 4.42 Å². The van der Waals surface area contributed by atoms with Crippen molar-refractivity contribution in [2.45, 2.75) is 0 Å². The van der Waals surface area contributed by atoms with E-state index in [1.165, 1.54) is 18.4 Å². The lowest BCUT2D eigenvalue weighted by molar-refractivity contribution is -0.127. The average Bonchev–Trinajstić information content (AvgIpc) is 3.07. The standard InChI is InChI=1S/C16H13N2O4/c19-11-10-18(17-16(21)14-7-4-12-22-14)15(20)9-8-13-5-2-1-3-6-13/h1-9,12H,10H2,(H,17,21)/b9-8+. The maximum Gasteiger partial charge on any atom is 0.305 e. The van der Waals surface area contributed by atoms with E-state index < -0.39 is 11.8 Å². The van der Waals surface area contributed by atoms with Gasteiger partial charge in [0, 0.05) is 6.08 Å². The molecule has 0 bridgehead atoms. The van der Waals surface area contributed by atoms with Crippen LogP contribution < -0.4 is 5.43 Å². The first-order valence-electron chi connectivity index (χ1n) is 6.45. The third-order valence-electron chi connectivity index (χ3n) is 2.69. The normalized spacial score (nSPS) is 10.4. The van der Waals surface area contributed by atoms with Crippen LogP contribution in [0.4, 0.5) is 0 Å². The van der Waals surface area contributed by atoms with Gasteiger partial charge in [0.1, 0.15) is 6.54 Å². The SMILES string of the molecule is O=[C]CN(NC(=O)c1ccco1)C(=O)/C=C/c1ccccc1. The number of benzene rings is 1. The summed E-state index contributed by atoms with van der Waals surface area (Å²) < 4.78 is 4.92. The van der Waals surface area contributed by atoms with Crippen LogP contribution in [0.3, 0.4) is 0 Å². The Kier molecular flexibility index (Phi) is 5.25. The Morgan fingerprint density at radius 3 is 2.59 bits per heavy atom. The van der Waals surface area contributed by atoms with Crippen LogP contribution in [0.15, 0.2) is 59.2 Å². The molecule has 1 aromatic heterocycles. The van der Waals surface area contributed by atoms with Gasteiger partial charge in [-0.1, -0.05) is 30.3 Å². The van der Waals surface area contributed by atoms with Crippen LogP contribution in [0.1, 0.15) is 16.1 Å². The summed E-state index contributed by atoms with van der Waals surface area (Å²) in [6.07, 6.45) is 5.75. The molecule has 0 aliphatic rings. The lowest BCUT2D eigenvalue weighted by atomic mass is 10.2. The second kappa shape index (κ2) is 7.58. The highest BCUT2D eigenvalue weighted by Crippen LogP contribution is 2.03. The fraction of sp³-hybridized carbons (Fsp3) is 0.0625. The molecule has 0 spiro atoms. The molecule has 0 saturated carbocycles. The molecule has 1 aromatic carbocycles. The minimum atomic E-state index is -0.623. The second-order valence-electron chi connectivity index (χ2n) is 4.23. The minimum absolute atomic E-state index is 0.0377. The topological polar surface area (TPSA) is 79.6 Å². The van der Waals surface area contributed by atoms with E-state index in [0.29, 0.717) is 0 Å². The number of carbonyl (C=O) groups is 2. The van der Waals surface area contributed by atoms with Crippen molar-refractivity contribution in [3.05, 3.63) is 66.1 Å². The molecule has 2 rings (SSSR count). The number of nitrogens with one attached hydrogen (secondary N) is 1. The number of hydrogen-bond acceptors (Lipinski definition) is 4. The van der Waals surface area contributed by atoms with Gasteiger partial charge in [0.15, 0.2) is 5.76 Å². The largest absolute Gasteiger partial charge is 0.459 e. The Morgan fingerprint density at radius 2 is 1.95 bits per heavy atom. The Hall–Kier alpha value is -3.15. The zero-order valence-corrected chi connectivity index (χ0v) is 11.6. The molecule has 0 unspecified atom stereocenters. The van der Waals surface area contributed by atoms with Crippen molar-refractivity contribution in [1.29, 1.82) is 0 Å². The second-order valence-corrected chi connectivity index (χ2v) is 4.23. The van der Waals surface area contributed by atoms with Crippen molar-refractivity contribution in [3.8, 4) is 0 Å². The van der Waals surface area contributed by atoms with Crippen molar-refractivity contribution >= 4 is 24.2 Å². The Balaban J connectivity index is 2.03. The summed E-state index contributed by atoms with van der Waals surface area (Å²) in [6.45, 7) is -0.385. The van der Waals surface area contributed by atoms with E-state index in [9.17, 15) is 14.4 Å². The number of hydrazine groups is 1. The molecular weight excluding hydrogens is 284 g/mol. The first-order valence-corrected chi connectivity index (χ1v) is 6.45. The highest BCUT2D eigenvalue weighted by Gasteiger charge is 2.16. The van der Waals surface area contributed by atoms with Crippen molar-refractivity contribution in [2.75, 3.05) is 6.54 Å². The predicted molar refractivity (Wildman–Crippen MR) is 79.1 cm³/mol. The van der Waals surface area contributed by atoms with Gasteiger partial charge in [0.25, 0.3) is 5.91 Å². The molecule has 6 nitrogen and oxygen atoms in total. The molecule has 0 saturated heterocycles. The molecule has 0 atom stereocenters. The first kappa shape index (κ1) is 15.2. The first-order chi connectivity index (χ1) is 10.7. The molecular formula is C16H13N2O4. The maximum atomic E-state index is 12.0. The summed E-state index contributed by atoms with van der Waals surface area (Å²) in [5, 5.41) is 0.858. The third kappa shape index (κ3) is 4.17. The van der Waals surface area contributed by atoms with Gasteiger partial charge >= 0.3 is 5.91 Å². The van der Waals surface area contributed by atoms with Gasteiger partial charge in [-0.2, -0.15) is 0 Å². The van der Waals surface area contributed by atoms with Crippen molar-refractivity contribution in [1.82, 2.24) is 10.4 Å². The Morgan fingerprint density at radius 1 is 1.18 bits per heavy atom. The van der Waals surface area contributed by atoms with E-state index in [1.54, 1.807) is 18.4 Å². The van der Waals surface area contributed by atoms with Gasteiger partial charge in [-0.25, -0.2) is 5.01 Å². The van der Waals surface area contributed by atoms with Crippen LogP contribution in [0.5, 0.6) is 0 Å². The quantitative estimate of drug-likeness (QED) is 0.671. The minimum Gasteiger partial charge on any atom is -0.459 e. The molecule has 1 radical (unpaired) electrons. The predicted octanol–water partition coefficient (Wildman–Crippen LogP) is 1.58. The fourth-order valence-corrected chi connectivity index (χ4v) is 1.64. The molecule has 0 fully saturated rings. The summed E-state index contributed by atoms with van der Waals surface area (Å²) in [5.41, 5.74) is 3.12. The van der Waals surface area contributed by atoms with Crippen LogP contribution in [0.25, 0.3) is 6.08 Å². The number of nitrogens with zero attached hydrogens (tertiary/aromatic N) is 1. The molecule has 1 N–H and O–H groups in total. The average molecular weight is 297 g/mol.